The fourth-order valence-corrected chi connectivity index (χ4v) is 2.20. The molecule has 0 atom stereocenters. The number of aromatic nitrogens is 2. The van der Waals surface area contributed by atoms with Crippen LogP contribution in [0.3, 0.4) is 0 Å². The average Bonchev–Trinajstić information content (AvgIpc) is 2.78. The van der Waals surface area contributed by atoms with Gasteiger partial charge in [0.1, 0.15) is 5.82 Å². The molecule has 3 aromatic rings. The summed E-state index contributed by atoms with van der Waals surface area (Å²) in [7, 11) is 0.935. The van der Waals surface area contributed by atoms with Crippen LogP contribution in [0.2, 0.25) is 6.82 Å². The molecule has 0 saturated heterocycles. The number of rotatable bonds is 2. The molecule has 0 aliphatic rings. The number of hydrogen-bond donors (Lipinski definition) is 0. The second-order valence-electron chi connectivity index (χ2n) is 4.03. The van der Waals surface area contributed by atoms with Crippen LogP contribution in [-0.2, 0) is 0 Å². The Kier molecular flexibility index (Phi) is 2.44. The fraction of sp³-hybridized carbons (Fsp3) is 0.0714. The molecule has 0 aliphatic heterocycles. The SMILES string of the molecule is CBn1c(-c2ccccc2)nc2ccccc21. The molecule has 3 rings (SSSR count). The molecule has 1 heterocycles. The standard InChI is InChI=1S/C14H13BN2/c1-15-17-13-10-6-5-9-12(13)16-14(17)11-7-3-2-4-8-11/h2-10,15H,1H3. The molecule has 2 nitrogen and oxygen atoms in total. The van der Waals surface area contributed by atoms with Crippen LogP contribution in [-0.4, -0.2) is 16.9 Å². The average molecular weight is 220 g/mol. The lowest BCUT2D eigenvalue weighted by atomic mass is 9.97. The second-order valence-corrected chi connectivity index (χ2v) is 4.03. The van der Waals surface area contributed by atoms with E-state index in [1.54, 1.807) is 0 Å². The van der Waals surface area contributed by atoms with Crippen molar-refractivity contribution >= 4 is 18.4 Å². The molecule has 0 spiro atoms. The van der Waals surface area contributed by atoms with Gasteiger partial charge in [0, 0.05) is 5.56 Å². The Morgan fingerprint density at radius 2 is 1.65 bits per heavy atom. The summed E-state index contributed by atoms with van der Waals surface area (Å²) >= 11 is 0. The Morgan fingerprint density at radius 1 is 0.941 bits per heavy atom. The maximum absolute atomic E-state index is 4.72. The van der Waals surface area contributed by atoms with Gasteiger partial charge in [-0.1, -0.05) is 49.3 Å². The van der Waals surface area contributed by atoms with Crippen LogP contribution in [0.1, 0.15) is 0 Å². The molecule has 0 fully saturated rings. The minimum absolute atomic E-state index is 0.935. The summed E-state index contributed by atoms with van der Waals surface area (Å²) in [5, 5.41) is 0. The number of benzene rings is 2. The smallest absolute Gasteiger partial charge is 0.241 e. The van der Waals surface area contributed by atoms with Crippen LogP contribution in [0.25, 0.3) is 22.4 Å². The largest absolute Gasteiger partial charge is 0.373 e. The van der Waals surface area contributed by atoms with Crippen molar-refractivity contribution in [1.82, 2.24) is 9.46 Å². The van der Waals surface area contributed by atoms with Crippen molar-refractivity contribution in [3.8, 4) is 11.4 Å². The fourth-order valence-electron chi connectivity index (χ4n) is 2.20. The van der Waals surface area contributed by atoms with Gasteiger partial charge >= 0.3 is 0 Å². The van der Waals surface area contributed by atoms with E-state index in [1.165, 1.54) is 11.1 Å². The van der Waals surface area contributed by atoms with Crippen molar-refractivity contribution in [1.29, 1.82) is 0 Å². The van der Waals surface area contributed by atoms with E-state index in [2.05, 4.69) is 53.8 Å². The molecule has 0 saturated carbocycles. The minimum atomic E-state index is 0.935. The van der Waals surface area contributed by atoms with Crippen molar-refractivity contribution in [3.63, 3.8) is 0 Å². The molecule has 0 bridgehead atoms. The minimum Gasteiger partial charge on any atom is -0.373 e. The van der Waals surface area contributed by atoms with Crippen molar-refractivity contribution < 1.29 is 0 Å². The first-order valence-electron chi connectivity index (χ1n) is 5.91. The summed E-state index contributed by atoms with van der Waals surface area (Å²) in [6.45, 7) is 2.15. The van der Waals surface area contributed by atoms with Gasteiger partial charge in [-0.25, -0.2) is 4.98 Å². The molecule has 17 heavy (non-hydrogen) atoms. The summed E-state index contributed by atoms with van der Waals surface area (Å²) in [6, 6.07) is 18.6. The Hall–Kier alpha value is -2.03. The Balaban J connectivity index is 2.30. The highest BCUT2D eigenvalue weighted by atomic mass is 15.0. The number of hydrogen-bond acceptors (Lipinski definition) is 1. The van der Waals surface area contributed by atoms with Crippen LogP contribution >= 0.6 is 0 Å². The summed E-state index contributed by atoms with van der Waals surface area (Å²) in [4.78, 5) is 4.72. The van der Waals surface area contributed by atoms with E-state index in [0.717, 1.165) is 18.8 Å². The van der Waals surface area contributed by atoms with E-state index in [1.807, 2.05) is 12.1 Å². The van der Waals surface area contributed by atoms with Crippen molar-refractivity contribution in [2.45, 2.75) is 6.82 Å². The molecule has 0 amide bonds. The van der Waals surface area contributed by atoms with Gasteiger partial charge in [0.05, 0.1) is 11.0 Å². The third kappa shape index (κ3) is 1.64. The maximum atomic E-state index is 4.72. The van der Waals surface area contributed by atoms with E-state index in [-0.39, 0.29) is 0 Å². The molecular weight excluding hydrogens is 207 g/mol. The third-order valence-corrected chi connectivity index (χ3v) is 3.00. The molecule has 82 valence electrons. The first-order valence-corrected chi connectivity index (χ1v) is 5.91. The van der Waals surface area contributed by atoms with Crippen LogP contribution in [0.4, 0.5) is 0 Å². The molecule has 3 heteroatoms. The predicted molar refractivity (Wildman–Crippen MR) is 73.6 cm³/mol. The van der Waals surface area contributed by atoms with E-state index in [4.69, 9.17) is 4.98 Å². The Labute approximate surface area is 101 Å². The van der Waals surface area contributed by atoms with E-state index >= 15 is 0 Å². The summed E-state index contributed by atoms with van der Waals surface area (Å²) in [6.07, 6.45) is 0. The zero-order valence-corrected chi connectivity index (χ0v) is 9.80. The molecule has 0 unspecified atom stereocenters. The first kappa shape index (κ1) is 10.1. The molecule has 0 radical (unpaired) electrons. The van der Waals surface area contributed by atoms with Crippen molar-refractivity contribution in [2.75, 3.05) is 0 Å². The lowest BCUT2D eigenvalue weighted by molar-refractivity contribution is 1.23. The lowest BCUT2D eigenvalue weighted by Crippen LogP contribution is -2.03. The van der Waals surface area contributed by atoms with Gasteiger partial charge in [0.15, 0.2) is 0 Å². The molecule has 0 aliphatic carbocycles. The van der Waals surface area contributed by atoms with Crippen LogP contribution < -0.4 is 0 Å². The summed E-state index contributed by atoms with van der Waals surface area (Å²) in [5.74, 6) is 1.05. The van der Waals surface area contributed by atoms with E-state index in [9.17, 15) is 0 Å². The van der Waals surface area contributed by atoms with Crippen molar-refractivity contribution in [3.05, 3.63) is 54.6 Å². The van der Waals surface area contributed by atoms with Gasteiger partial charge in [-0.15, -0.1) is 0 Å². The lowest BCUT2D eigenvalue weighted by Gasteiger charge is -2.05. The second kappa shape index (κ2) is 4.09. The number of fused-ring (bicyclic) bond motifs is 1. The number of imidazole rings is 1. The highest BCUT2D eigenvalue weighted by molar-refractivity contribution is 6.34. The third-order valence-electron chi connectivity index (χ3n) is 3.00. The topological polar surface area (TPSA) is 17.8 Å². The quantitative estimate of drug-likeness (QED) is 0.607. The van der Waals surface area contributed by atoms with E-state index in [0.29, 0.717) is 0 Å². The predicted octanol–water partition coefficient (Wildman–Crippen LogP) is 2.95. The highest BCUT2D eigenvalue weighted by Crippen LogP contribution is 2.23. The Bertz CT molecular complexity index is 644. The number of para-hydroxylation sites is 2. The molecule has 0 N–H and O–H groups in total. The van der Waals surface area contributed by atoms with Crippen LogP contribution in [0, 0.1) is 0 Å². The first-order chi connectivity index (χ1) is 8.40. The monoisotopic (exact) mass is 220 g/mol. The number of nitrogens with zero attached hydrogens (tertiary/aromatic N) is 2. The van der Waals surface area contributed by atoms with Gasteiger partial charge in [-0.2, -0.15) is 0 Å². The van der Waals surface area contributed by atoms with Gasteiger partial charge in [0.2, 0.25) is 7.41 Å². The van der Waals surface area contributed by atoms with Gasteiger partial charge < -0.3 is 4.48 Å². The zero-order chi connectivity index (χ0) is 11.7. The highest BCUT2D eigenvalue weighted by Gasteiger charge is 2.10. The summed E-state index contributed by atoms with van der Waals surface area (Å²) in [5.41, 5.74) is 3.44. The maximum Gasteiger partial charge on any atom is 0.241 e. The Morgan fingerprint density at radius 3 is 2.41 bits per heavy atom. The molecule has 2 aromatic carbocycles. The van der Waals surface area contributed by atoms with E-state index < -0.39 is 0 Å². The van der Waals surface area contributed by atoms with Crippen LogP contribution in [0.5, 0.6) is 0 Å². The summed E-state index contributed by atoms with van der Waals surface area (Å²) < 4.78 is 2.25. The van der Waals surface area contributed by atoms with Gasteiger partial charge in [-0.3, -0.25) is 0 Å². The molecular formula is C14H13BN2. The normalized spacial score (nSPS) is 10.6. The molecule has 1 aromatic heterocycles. The van der Waals surface area contributed by atoms with Crippen LogP contribution in [0.15, 0.2) is 54.6 Å². The van der Waals surface area contributed by atoms with Gasteiger partial charge in [0.25, 0.3) is 0 Å². The zero-order valence-electron chi connectivity index (χ0n) is 9.80. The van der Waals surface area contributed by atoms with Crippen molar-refractivity contribution in [2.24, 2.45) is 0 Å². The van der Waals surface area contributed by atoms with Gasteiger partial charge in [-0.05, 0) is 12.1 Å².